The van der Waals surface area contributed by atoms with Crippen molar-refractivity contribution in [3.8, 4) is 11.4 Å². The summed E-state index contributed by atoms with van der Waals surface area (Å²) in [4.78, 5) is 23.1. The quantitative estimate of drug-likeness (QED) is 0.669. The van der Waals surface area contributed by atoms with Crippen LogP contribution in [0.5, 0.6) is 0 Å². The van der Waals surface area contributed by atoms with Crippen molar-refractivity contribution >= 4 is 23.2 Å². The van der Waals surface area contributed by atoms with Crippen LogP contribution in [0.3, 0.4) is 0 Å². The summed E-state index contributed by atoms with van der Waals surface area (Å²) in [5.74, 6) is 0.597. The van der Waals surface area contributed by atoms with Crippen LogP contribution in [0.1, 0.15) is 6.42 Å². The lowest BCUT2D eigenvalue weighted by atomic mass is 10.2. The standard InChI is InChI=1S/C17H17N7O/c25-17(21-12-3-1-7-18-11-12)24-10-2-8-19-15-5-4-13(22-16(15)24)14-6-9-20-23-14/h1,3-7,9,11,19H,2,8,10H2,(H,20,23)(H,21,25). The average Bonchev–Trinajstić information content (AvgIpc) is 3.09. The molecular formula is C17H17N7O. The SMILES string of the molecule is O=C(Nc1cccnc1)N1CCCNc2ccc(-c3cc[nH]n3)nc21. The van der Waals surface area contributed by atoms with E-state index < -0.39 is 0 Å². The number of carbonyl (C=O) groups is 1. The van der Waals surface area contributed by atoms with Crippen molar-refractivity contribution in [2.24, 2.45) is 0 Å². The molecule has 3 aromatic heterocycles. The van der Waals surface area contributed by atoms with Gasteiger partial charge in [-0.25, -0.2) is 9.78 Å². The van der Waals surface area contributed by atoms with Gasteiger partial charge in [-0.3, -0.25) is 15.0 Å². The van der Waals surface area contributed by atoms with E-state index in [0.29, 0.717) is 23.7 Å². The summed E-state index contributed by atoms with van der Waals surface area (Å²) in [6.07, 6.45) is 5.85. The van der Waals surface area contributed by atoms with Gasteiger partial charge in [0.2, 0.25) is 0 Å². The Hall–Kier alpha value is -3.42. The molecule has 4 rings (SSSR count). The van der Waals surface area contributed by atoms with Crippen molar-refractivity contribution in [2.45, 2.75) is 6.42 Å². The fourth-order valence-corrected chi connectivity index (χ4v) is 2.73. The van der Waals surface area contributed by atoms with E-state index >= 15 is 0 Å². The third-order valence-electron chi connectivity index (χ3n) is 3.93. The molecule has 0 fully saturated rings. The van der Waals surface area contributed by atoms with Gasteiger partial charge in [0.15, 0.2) is 5.82 Å². The molecular weight excluding hydrogens is 318 g/mol. The lowest BCUT2D eigenvalue weighted by Crippen LogP contribution is -2.36. The first-order valence-corrected chi connectivity index (χ1v) is 8.05. The Morgan fingerprint density at radius 2 is 2.16 bits per heavy atom. The van der Waals surface area contributed by atoms with Crippen LogP contribution < -0.4 is 15.5 Å². The predicted molar refractivity (Wildman–Crippen MR) is 95.5 cm³/mol. The molecule has 0 saturated heterocycles. The largest absolute Gasteiger partial charge is 0.382 e. The van der Waals surface area contributed by atoms with E-state index in [9.17, 15) is 4.79 Å². The molecule has 25 heavy (non-hydrogen) atoms. The lowest BCUT2D eigenvalue weighted by molar-refractivity contribution is 0.257. The fourth-order valence-electron chi connectivity index (χ4n) is 2.73. The number of nitrogens with one attached hydrogen (secondary N) is 3. The Labute approximate surface area is 144 Å². The van der Waals surface area contributed by atoms with E-state index in [0.717, 1.165) is 24.3 Å². The average molecular weight is 335 g/mol. The number of carbonyl (C=O) groups excluding carboxylic acids is 1. The molecule has 4 heterocycles. The summed E-state index contributed by atoms with van der Waals surface area (Å²) in [6, 6.07) is 9.02. The number of hydrogen-bond acceptors (Lipinski definition) is 5. The van der Waals surface area contributed by atoms with Crippen LogP contribution in [-0.2, 0) is 0 Å². The number of amides is 2. The number of rotatable bonds is 2. The molecule has 0 saturated carbocycles. The zero-order valence-electron chi connectivity index (χ0n) is 13.4. The molecule has 0 unspecified atom stereocenters. The maximum Gasteiger partial charge on any atom is 0.327 e. The highest BCUT2D eigenvalue weighted by molar-refractivity contribution is 6.03. The third-order valence-corrected chi connectivity index (χ3v) is 3.93. The summed E-state index contributed by atoms with van der Waals surface area (Å²) >= 11 is 0. The number of hydrogen-bond donors (Lipinski definition) is 3. The number of pyridine rings is 2. The highest BCUT2D eigenvalue weighted by Crippen LogP contribution is 2.29. The Morgan fingerprint density at radius 1 is 1.20 bits per heavy atom. The maximum atomic E-state index is 12.8. The van der Waals surface area contributed by atoms with Crippen molar-refractivity contribution in [3.63, 3.8) is 0 Å². The summed E-state index contributed by atoms with van der Waals surface area (Å²) in [5.41, 5.74) is 2.93. The molecule has 126 valence electrons. The Bertz CT molecular complexity index is 864. The second kappa shape index (κ2) is 6.60. The van der Waals surface area contributed by atoms with Gasteiger partial charge in [0.05, 0.1) is 23.3 Å². The summed E-state index contributed by atoms with van der Waals surface area (Å²) in [6.45, 7) is 1.36. The number of fused-ring (bicyclic) bond motifs is 1. The topological polar surface area (TPSA) is 98.8 Å². The van der Waals surface area contributed by atoms with Crippen LogP contribution >= 0.6 is 0 Å². The van der Waals surface area contributed by atoms with E-state index in [1.165, 1.54) is 0 Å². The van der Waals surface area contributed by atoms with Crippen molar-refractivity contribution < 1.29 is 4.79 Å². The highest BCUT2D eigenvalue weighted by atomic mass is 16.2. The lowest BCUT2D eigenvalue weighted by Gasteiger charge is -2.22. The van der Waals surface area contributed by atoms with Gasteiger partial charge >= 0.3 is 6.03 Å². The van der Waals surface area contributed by atoms with Crippen LogP contribution in [0.4, 0.5) is 22.0 Å². The maximum absolute atomic E-state index is 12.8. The first-order valence-electron chi connectivity index (χ1n) is 8.05. The van der Waals surface area contributed by atoms with Gasteiger partial charge in [-0.1, -0.05) is 0 Å². The monoisotopic (exact) mass is 335 g/mol. The zero-order valence-corrected chi connectivity index (χ0v) is 13.4. The minimum atomic E-state index is -0.232. The summed E-state index contributed by atoms with van der Waals surface area (Å²) in [7, 11) is 0. The fraction of sp³-hybridized carbons (Fsp3) is 0.176. The van der Waals surface area contributed by atoms with Crippen molar-refractivity contribution in [3.05, 3.63) is 48.9 Å². The van der Waals surface area contributed by atoms with Gasteiger partial charge in [0.1, 0.15) is 5.69 Å². The molecule has 3 N–H and O–H groups in total. The second-order valence-electron chi connectivity index (χ2n) is 5.63. The molecule has 8 heteroatoms. The minimum absolute atomic E-state index is 0.232. The number of aromatic nitrogens is 4. The summed E-state index contributed by atoms with van der Waals surface area (Å²) < 4.78 is 0. The minimum Gasteiger partial charge on any atom is -0.382 e. The van der Waals surface area contributed by atoms with Crippen molar-refractivity contribution in [1.29, 1.82) is 0 Å². The number of nitrogens with zero attached hydrogens (tertiary/aromatic N) is 4. The van der Waals surface area contributed by atoms with E-state index in [1.54, 1.807) is 35.6 Å². The molecule has 2 amide bonds. The van der Waals surface area contributed by atoms with Crippen molar-refractivity contribution in [2.75, 3.05) is 28.6 Å². The Kier molecular flexibility index (Phi) is 3.99. The van der Waals surface area contributed by atoms with Crippen LogP contribution in [0, 0.1) is 0 Å². The summed E-state index contributed by atoms with van der Waals surface area (Å²) in [5, 5.41) is 13.1. The van der Waals surface area contributed by atoms with Gasteiger partial charge in [0, 0.05) is 25.5 Å². The normalized spacial score (nSPS) is 13.5. The third kappa shape index (κ3) is 3.14. The van der Waals surface area contributed by atoms with Crippen LogP contribution in [0.2, 0.25) is 0 Å². The molecule has 0 atom stereocenters. The van der Waals surface area contributed by atoms with E-state index in [2.05, 4.69) is 30.8 Å². The van der Waals surface area contributed by atoms with E-state index in [1.807, 2.05) is 18.2 Å². The van der Waals surface area contributed by atoms with Gasteiger partial charge in [-0.05, 0) is 36.8 Å². The van der Waals surface area contributed by atoms with E-state index in [-0.39, 0.29) is 6.03 Å². The zero-order chi connectivity index (χ0) is 17.1. The molecule has 0 radical (unpaired) electrons. The predicted octanol–water partition coefficient (Wildman–Crippen LogP) is 2.72. The van der Waals surface area contributed by atoms with Gasteiger partial charge in [-0.2, -0.15) is 5.10 Å². The molecule has 0 aliphatic carbocycles. The van der Waals surface area contributed by atoms with Gasteiger partial charge in [0.25, 0.3) is 0 Å². The van der Waals surface area contributed by atoms with Crippen LogP contribution in [-0.4, -0.2) is 39.3 Å². The Balaban J connectivity index is 1.67. The number of anilines is 3. The molecule has 1 aliphatic heterocycles. The molecule has 0 aromatic carbocycles. The van der Waals surface area contributed by atoms with Crippen LogP contribution in [0.15, 0.2) is 48.9 Å². The molecule has 0 spiro atoms. The number of H-pyrrole nitrogens is 1. The number of urea groups is 1. The van der Waals surface area contributed by atoms with Crippen LogP contribution in [0.25, 0.3) is 11.4 Å². The number of aromatic amines is 1. The second-order valence-corrected chi connectivity index (χ2v) is 5.63. The first-order chi connectivity index (χ1) is 12.3. The smallest absolute Gasteiger partial charge is 0.327 e. The van der Waals surface area contributed by atoms with Gasteiger partial charge < -0.3 is 10.6 Å². The highest BCUT2D eigenvalue weighted by Gasteiger charge is 2.23. The van der Waals surface area contributed by atoms with Crippen molar-refractivity contribution in [1.82, 2.24) is 20.2 Å². The van der Waals surface area contributed by atoms with E-state index in [4.69, 9.17) is 0 Å². The first kappa shape index (κ1) is 15.1. The van der Waals surface area contributed by atoms with Gasteiger partial charge in [-0.15, -0.1) is 0 Å². The molecule has 1 aliphatic rings. The Morgan fingerprint density at radius 3 is 2.96 bits per heavy atom. The molecule has 8 nitrogen and oxygen atoms in total. The molecule has 0 bridgehead atoms. The molecule has 3 aromatic rings.